The van der Waals surface area contributed by atoms with Crippen LogP contribution in [0, 0.1) is 0 Å². The van der Waals surface area contributed by atoms with Gasteiger partial charge in [-0.25, -0.2) is 4.79 Å². The maximum atomic E-state index is 12.3. The normalized spacial score (nSPS) is 11.3. The number of fused-ring (bicyclic) bond motifs is 1. The topological polar surface area (TPSA) is 126 Å². The summed E-state index contributed by atoms with van der Waals surface area (Å²) in [6.07, 6.45) is -4.85. The first kappa shape index (κ1) is 20.7. The van der Waals surface area contributed by atoms with Crippen molar-refractivity contribution in [2.24, 2.45) is 0 Å². The van der Waals surface area contributed by atoms with Crippen LogP contribution in [-0.4, -0.2) is 35.0 Å². The van der Waals surface area contributed by atoms with Crippen molar-refractivity contribution in [1.29, 1.82) is 0 Å². The van der Waals surface area contributed by atoms with E-state index in [0.29, 0.717) is 5.56 Å². The first-order valence-corrected chi connectivity index (χ1v) is 8.22. The molecule has 0 aliphatic rings. The zero-order valence-corrected chi connectivity index (χ0v) is 14.8. The standard InChI is InChI=1S/C19H12F3NO7/c20-19(21,22)30-10-6-4-9(5-7-10)11-2-1-3-12-15(26)14(18(28)29-16(11)12)17(27)23-8-13(24)25/h1-7,26H,8H2,(H,23,27)(H,24,25). The molecule has 0 spiro atoms. The molecule has 156 valence electrons. The van der Waals surface area contributed by atoms with Gasteiger partial charge in [0.25, 0.3) is 5.91 Å². The van der Waals surface area contributed by atoms with Gasteiger partial charge in [-0.15, -0.1) is 13.2 Å². The zero-order chi connectivity index (χ0) is 22.1. The van der Waals surface area contributed by atoms with Gasteiger partial charge in [-0.2, -0.15) is 0 Å². The van der Waals surface area contributed by atoms with E-state index >= 15 is 0 Å². The molecule has 11 heteroatoms. The highest BCUT2D eigenvalue weighted by Crippen LogP contribution is 2.34. The van der Waals surface area contributed by atoms with Crippen molar-refractivity contribution in [3.8, 4) is 22.6 Å². The molecule has 0 unspecified atom stereocenters. The predicted molar refractivity (Wildman–Crippen MR) is 96.2 cm³/mol. The van der Waals surface area contributed by atoms with Crippen LogP contribution in [0.5, 0.6) is 11.5 Å². The Morgan fingerprint density at radius 1 is 1.10 bits per heavy atom. The second kappa shape index (κ2) is 7.78. The van der Waals surface area contributed by atoms with Crippen molar-refractivity contribution in [2.45, 2.75) is 6.36 Å². The van der Waals surface area contributed by atoms with Gasteiger partial charge in [0.05, 0.1) is 5.39 Å². The molecular weight excluding hydrogens is 411 g/mol. The highest BCUT2D eigenvalue weighted by Gasteiger charge is 2.31. The number of carboxylic acid groups (broad SMARTS) is 1. The third kappa shape index (κ3) is 4.35. The minimum absolute atomic E-state index is 0.0248. The summed E-state index contributed by atoms with van der Waals surface area (Å²) in [5.74, 6) is -3.66. The number of carboxylic acids is 1. The number of halogens is 3. The third-order valence-corrected chi connectivity index (χ3v) is 3.93. The number of carbonyl (C=O) groups excluding carboxylic acids is 1. The molecule has 1 aromatic heterocycles. The number of rotatable bonds is 5. The molecule has 0 fully saturated rings. The highest BCUT2D eigenvalue weighted by molar-refractivity contribution is 6.04. The average Bonchev–Trinajstić information content (AvgIpc) is 2.65. The van der Waals surface area contributed by atoms with Gasteiger partial charge in [-0.05, 0) is 23.8 Å². The van der Waals surface area contributed by atoms with E-state index in [4.69, 9.17) is 9.52 Å². The summed E-state index contributed by atoms with van der Waals surface area (Å²) in [5, 5.41) is 20.9. The van der Waals surface area contributed by atoms with E-state index in [1.165, 1.54) is 30.3 Å². The van der Waals surface area contributed by atoms with E-state index in [2.05, 4.69) is 4.74 Å². The van der Waals surface area contributed by atoms with E-state index in [1.54, 1.807) is 0 Å². The van der Waals surface area contributed by atoms with Crippen LogP contribution in [-0.2, 0) is 4.79 Å². The number of amides is 1. The Morgan fingerprint density at radius 3 is 2.37 bits per heavy atom. The average molecular weight is 423 g/mol. The highest BCUT2D eigenvalue weighted by atomic mass is 19.4. The second-order valence-electron chi connectivity index (χ2n) is 5.94. The lowest BCUT2D eigenvalue weighted by Gasteiger charge is -2.11. The van der Waals surface area contributed by atoms with Crippen molar-refractivity contribution in [3.05, 3.63) is 58.4 Å². The predicted octanol–water partition coefficient (Wildman–Crippen LogP) is 2.88. The molecule has 0 aliphatic carbocycles. The number of ether oxygens (including phenoxy) is 1. The molecule has 0 aliphatic heterocycles. The fraction of sp³-hybridized carbons (Fsp3) is 0.105. The molecule has 2 aromatic carbocycles. The fourth-order valence-electron chi connectivity index (χ4n) is 2.72. The van der Waals surface area contributed by atoms with E-state index in [-0.39, 0.29) is 16.5 Å². The number of aliphatic carboxylic acids is 1. The molecule has 3 N–H and O–H groups in total. The van der Waals surface area contributed by atoms with Gasteiger partial charge in [0, 0.05) is 5.56 Å². The lowest BCUT2D eigenvalue weighted by atomic mass is 10.0. The van der Waals surface area contributed by atoms with Gasteiger partial charge < -0.3 is 24.7 Å². The van der Waals surface area contributed by atoms with Crippen LogP contribution in [0.1, 0.15) is 10.4 Å². The number of carbonyl (C=O) groups is 2. The molecule has 8 nitrogen and oxygen atoms in total. The Kier molecular flexibility index (Phi) is 5.37. The summed E-state index contributed by atoms with van der Waals surface area (Å²) in [6, 6.07) is 9.03. The molecule has 0 radical (unpaired) electrons. The van der Waals surface area contributed by atoms with Crippen molar-refractivity contribution >= 4 is 22.8 Å². The van der Waals surface area contributed by atoms with Crippen LogP contribution in [0.4, 0.5) is 13.2 Å². The van der Waals surface area contributed by atoms with Crippen LogP contribution in [0.25, 0.3) is 22.1 Å². The van der Waals surface area contributed by atoms with Gasteiger partial charge in [0.2, 0.25) is 0 Å². The van der Waals surface area contributed by atoms with Crippen LogP contribution < -0.4 is 15.7 Å². The van der Waals surface area contributed by atoms with Crippen LogP contribution >= 0.6 is 0 Å². The first-order chi connectivity index (χ1) is 14.1. The van der Waals surface area contributed by atoms with Crippen LogP contribution in [0.2, 0.25) is 0 Å². The largest absolute Gasteiger partial charge is 0.573 e. The van der Waals surface area contributed by atoms with E-state index in [9.17, 15) is 32.7 Å². The van der Waals surface area contributed by atoms with Crippen molar-refractivity contribution in [1.82, 2.24) is 5.32 Å². The van der Waals surface area contributed by atoms with Gasteiger partial charge in [-0.3, -0.25) is 9.59 Å². The van der Waals surface area contributed by atoms with Crippen molar-refractivity contribution < 1.29 is 42.1 Å². The van der Waals surface area contributed by atoms with E-state index in [1.807, 2.05) is 5.32 Å². The number of hydrogen-bond acceptors (Lipinski definition) is 6. The minimum atomic E-state index is -4.85. The summed E-state index contributed by atoms with van der Waals surface area (Å²) < 4.78 is 45.9. The third-order valence-electron chi connectivity index (χ3n) is 3.93. The van der Waals surface area contributed by atoms with Gasteiger partial charge in [0.1, 0.15) is 23.6 Å². The van der Waals surface area contributed by atoms with E-state index in [0.717, 1.165) is 12.1 Å². The number of alkyl halides is 3. The summed E-state index contributed by atoms with van der Waals surface area (Å²) in [5.41, 5.74) is -1.49. The Morgan fingerprint density at radius 2 is 1.77 bits per heavy atom. The maximum Gasteiger partial charge on any atom is 0.573 e. The van der Waals surface area contributed by atoms with Crippen LogP contribution in [0.3, 0.4) is 0 Å². The summed E-state index contributed by atoms with van der Waals surface area (Å²) in [4.78, 5) is 34.9. The van der Waals surface area contributed by atoms with Crippen molar-refractivity contribution in [3.63, 3.8) is 0 Å². The van der Waals surface area contributed by atoms with Crippen LogP contribution in [0.15, 0.2) is 51.7 Å². The lowest BCUT2D eigenvalue weighted by Crippen LogP contribution is -2.32. The maximum absolute atomic E-state index is 12.3. The first-order valence-electron chi connectivity index (χ1n) is 8.22. The molecular formula is C19H12F3NO7. The summed E-state index contributed by atoms with van der Waals surface area (Å²) >= 11 is 0. The molecule has 3 aromatic rings. The Hall–Kier alpha value is -4.02. The Balaban J connectivity index is 2.05. The molecule has 1 heterocycles. The van der Waals surface area contributed by atoms with Gasteiger partial charge >= 0.3 is 18.0 Å². The van der Waals surface area contributed by atoms with E-state index < -0.39 is 47.5 Å². The molecule has 30 heavy (non-hydrogen) atoms. The Bertz CT molecular complexity index is 1180. The lowest BCUT2D eigenvalue weighted by molar-refractivity contribution is -0.274. The SMILES string of the molecule is O=C(O)CNC(=O)c1c(O)c2cccc(-c3ccc(OC(F)(F)F)cc3)c2oc1=O. The number of aromatic hydroxyl groups is 1. The molecule has 0 bridgehead atoms. The number of benzene rings is 2. The number of hydrogen-bond donors (Lipinski definition) is 3. The molecule has 1 amide bonds. The van der Waals surface area contributed by atoms with Gasteiger partial charge in [0.15, 0.2) is 5.56 Å². The minimum Gasteiger partial charge on any atom is -0.506 e. The monoisotopic (exact) mass is 423 g/mol. The summed E-state index contributed by atoms with van der Waals surface area (Å²) in [7, 11) is 0. The molecule has 3 rings (SSSR count). The quantitative estimate of drug-likeness (QED) is 0.539. The molecule has 0 saturated heterocycles. The second-order valence-corrected chi connectivity index (χ2v) is 5.94. The fourth-order valence-corrected chi connectivity index (χ4v) is 2.72. The molecule has 0 saturated carbocycles. The Labute approximate surface area is 165 Å². The van der Waals surface area contributed by atoms with Crippen molar-refractivity contribution in [2.75, 3.05) is 6.54 Å². The smallest absolute Gasteiger partial charge is 0.506 e. The molecule has 0 atom stereocenters. The zero-order valence-electron chi connectivity index (χ0n) is 14.8. The number of nitrogens with one attached hydrogen (secondary N) is 1. The van der Waals surface area contributed by atoms with Gasteiger partial charge in [-0.1, -0.05) is 24.3 Å². The summed E-state index contributed by atoms with van der Waals surface area (Å²) in [6.45, 7) is -0.776. The number of para-hydroxylation sites is 1.